The fourth-order valence-electron chi connectivity index (χ4n) is 2.37. The Labute approximate surface area is 153 Å². The van der Waals surface area contributed by atoms with Crippen LogP contribution in [0, 0.1) is 6.92 Å². The average Bonchev–Trinajstić information content (AvgIpc) is 2.89. The molecule has 0 saturated heterocycles. The molecule has 0 aliphatic carbocycles. The molecule has 2 aromatic carbocycles. The number of aryl methyl sites for hydroxylation is 1. The van der Waals surface area contributed by atoms with Crippen LogP contribution in [-0.2, 0) is 4.79 Å². The zero-order valence-corrected chi connectivity index (χ0v) is 14.6. The number of halogens is 3. The van der Waals surface area contributed by atoms with Crippen LogP contribution in [0.2, 0.25) is 5.02 Å². The van der Waals surface area contributed by atoms with Crippen molar-refractivity contribution >= 4 is 28.9 Å². The highest BCUT2D eigenvalue weighted by Crippen LogP contribution is 2.42. The Hall–Kier alpha value is -2.74. The van der Waals surface area contributed by atoms with Crippen LogP contribution in [0.3, 0.4) is 0 Å². The molecule has 6 nitrogen and oxygen atoms in total. The fourth-order valence-corrected chi connectivity index (χ4v) is 2.52. The number of alkyl halides is 2. The second-order valence-corrected chi connectivity index (χ2v) is 5.94. The lowest BCUT2D eigenvalue weighted by molar-refractivity contribution is -0.286. The van der Waals surface area contributed by atoms with E-state index < -0.39 is 6.29 Å². The molecule has 1 aliphatic rings. The molecule has 1 aliphatic heterocycles. The van der Waals surface area contributed by atoms with Gasteiger partial charge in [0.1, 0.15) is 5.75 Å². The van der Waals surface area contributed by atoms with Gasteiger partial charge in [0.15, 0.2) is 11.5 Å². The molecule has 0 bridgehead atoms. The molecule has 138 valence electrons. The summed E-state index contributed by atoms with van der Waals surface area (Å²) in [6, 6.07) is 7.47. The van der Waals surface area contributed by atoms with E-state index in [0.717, 1.165) is 5.56 Å². The third-order valence-corrected chi connectivity index (χ3v) is 4.02. The Kier molecular flexibility index (Phi) is 4.78. The van der Waals surface area contributed by atoms with Crippen LogP contribution in [0.1, 0.15) is 5.56 Å². The molecule has 3 rings (SSSR count). The van der Waals surface area contributed by atoms with Crippen molar-refractivity contribution in [3.05, 3.63) is 40.9 Å². The van der Waals surface area contributed by atoms with Crippen LogP contribution >= 0.6 is 11.6 Å². The molecule has 26 heavy (non-hydrogen) atoms. The molecule has 0 aromatic heterocycles. The normalized spacial score (nSPS) is 14.0. The van der Waals surface area contributed by atoms with E-state index in [9.17, 15) is 13.6 Å². The van der Waals surface area contributed by atoms with Gasteiger partial charge in [0.05, 0.1) is 19.3 Å². The predicted octanol–water partition coefficient (Wildman–Crippen LogP) is 4.03. The summed E-state index contributed by atoms with van der Waals surface area (Å²) in [7, 11) is 1.47. The van der Waals surface area contributed by atoms with E-state index >= 15 is 0 Å². The van der Waals surface area contributed by atoms with Gasteiger partial charge in [-0.15, -0.1) is 8.78 Å². The molecule has 1 heterocycles. The lowest BCUT2D eigenvalue weighted by Crippen LogP contribution is -2.25. The van der Waals surface area contributed by atoms with Crippen molar-refractivity contribution in [3.8, 4) is 17.2 Å². The summed E-state index contributed by atoms with van der Waals surface area (Å²) in [4.78, 5) is 12.1. The van der Waals surface area contributed by atoms with Crippen molar-refractivity contribution in [1.82, 2.24) is 0 Å². The zero-order valence-electron chi connectivity index (χ0n) is 13.9. The highest BCUT2D eigenvalue weighted by molar-refractivity contribution is 6.31. The van der Waals surface area contributed by atoms with Crippen LogP contribution < -0.4 is 24.8 Å². The molecule has 0 saturated carbocycles. The molecule has 9 heteroatoms. The average molecular weight is 385 g/mol. The van der Waals surface area contributed by atoms with Gasteiger partial charge in [0.2, 0.25) is 5.91 Å². The van der Waals surface area contributed by atoms with E-state index in [1.165, 1.54) is 25.3 Å². The monoisotopic (exact) mass is 384 g/mol. The topological polar surface area (TPSA) is 68.8 Å². The Bertz CT molecular complexity index is 861. The van der Waals surface area contributed by atoms with Crippen LogP contribution in [0.25, 0.3) is 0 Å². The molecule has 0 unspecified atom stereocenters. The fraction of sp³-hybridized carbons (Fsp3) is 0.235. The zero-order chi connectivity index (χ0) is 18.9. The maximum absolute atomic E-state index is 13.0. The van der Waals surface area contributed by atoms with Gasteiger partial charge >= 0.3 is 6.29 Å². The van der Waals surface area contributed by atoms with E-state index in [0.29, 0.717) is 22.1 Å². The van der Waals surface area contributed by atoms with Crippen molar-refractivity contribution in [1.29, 1.82) is 0 Å². The SMILES string of the molecule is COc1cc(Cl)c(C)cc1NC(=O)CNc1ccc2c(c1)OC(F)(F)O2. The molecule has 0 fully saturated rings. The van der Waals surface area contributed by atoms with E-state index in [2.05, 4.69) is 20.1 Å². The van der Waals surface area contributed by atoms with Crippen molar-refractivity contribution in [2.45, 2.75) is 13.2 Å². The first-order valence-corrected chi connectivity index (χ1v) is 7.93. The molecular weight excluding hydrogens is 370 g/mol. The summed E-state index contributed by atoms with van der Waals surface area (Å²) >= 11 is 6.03. The van der Waals surface area contributed by atoms with Crippen molar-refractivity contribution in [3.63, 3.8) is 0 Å². The maximum atomic E-state index is 13.0. The summed E-state index contributed by atoms with van der Waals surface area (Å²) in [5.41, 5.74) is 1.69. The Morgan fingerprint density at radius 3 is 2.69 bits per heavy atom. The second kappa shape index (κ2) is 6.87. The number of carbonyl (C=O) groups excluding carboxylic acids is 1. The van der Waals surface area contributed by atoms with Gasteiger partial charge < -0.3 is 24.8 Å². The van der Waals surface area contributed by atoms with Crippen molar-refractivity contribution < 1.29 is 27.8 Å². The van der Waals surface area contributed by atoms with Crippen LogP contribution in [0.5, 0.6) is 17.2 Å². The van der Waals surface area contributed by atoms with Crippen molar-refractivity contribution in [2.75, 3.05) is 24.3 Å². The molecule has 2 N–H and O–H groups in total. The number of fused-ring (bicyclic) bond motifs is 1. The van der Waals surface area contributed by atoms with Gasteiger partial charge in [-0.3, -0.25) is 4.79 Å². The second-order valence-electron chi connectivity index (χ2n) is 5.53. The van der Waals surface area contributed by atoms with E-state index in [1.807, 2.05) is 0 Å². The molecule has 2 aromatic rings. The Morgan fingerprint density at radius 1 is 1.23 bits per heavy atom. The lowest BCUT2D eigenvalue weighted by atomic mass is 10.2. The van der Waals surface area contributed by atoms with Gasteiger partial charge in [-0.2, -0.15) is 0 Å². The number of methoxy groups -OCH3 is 1. The van der Waals surface area contributed by atoms with Crippen LogP contribution in [0.4, 0.5) is 20.2 Å². The standard InChI is InChI=1S/C17H15ClF2N2O4/c1-9-5-12(14(24-2)7-11(9)18)22-16(23)8-21-10-3-4-13-15(6-10)26-17(19,20)25-13/h3-7,21H,8H2,1-2H3,(H,22,23). The van der Waals surface area contributed by atoms with Gasteiger partial charge in [0.25, 0.3) is 0 Å². The molecule has 1 amide bonds. The molecular formula is C17H15ClF2N2O4. The number of nitrogens with one attached hydrogen (secondary N) is 2. The Morgan fingerprint density at radius 2 is 1.96 bits per heavy atom. The minimum atomic E-state index is -3.68. The summed E-state index contributed by atoms with van der Waals surface area (Å²) < 4.78 is 39.9. The first-order valence-electron chi connectivity index (χ1n) is 7.55. The van der Waals surface area contributed by atoms with Crippen LogP contribution in [0.15, 0.2) is 30.3 Å². The third-order valence-electron chi connectivity index (χ3n) is 3.61. The number of amides is 1. The number of hydrogen-bond acceptors (Lipinski definition) is 5. The predicted molar refractivity (Wildman–Crippen MR) is 92.5 cm³/mol. The largest absolute Gasteiger partial charge is 0.586 e. The summed E-state index contributed by atoms with van der Waals surface area (Å²) in [5, 5.41) is 6.05. The van der Waals surface area contributed by atoms with Gasteiger partial charge in [-0.1, -0.05) is 11.6 Å². The smallest absolute Gasteiger partial charge is 0.495 e. The first-order chi connectivity index (χ1) is 12.3. The number of ether oxygens (including phenoxy) is 3. The summed E-state index contributed by atoms with van der Waals surface area (Å²) in [6.07, 6.45) is -3.68. The van der Waals surface area contributed by atoms with E-state index in [1.54, 1.807) is 19.1 Å². The highest BCUT2D eigenvalue weighted by Gasteiger charge is 2.43. The van der Waals surface area contributed by atoms with E-state index in [4.69, 9.17) is 16.3 Å². The number of hydrogen-bond donors (Lipinski definition) is 2. The third kappa shape index (κ3) is 3.91. The number of benzene rings is 2. The first kappa shape index (κ1) is 18.1. The quantitative estimate of drug-likeness (QED) is 0.814. The van der Waals surface area contributed by atoms with Gasteiger partial charge in [0, 0.05) is 22.8 Å². The number of carbonyl (C=O) groups is 1. The Balaban J connectivity index is 1.63. The van der Waals surface area contributed by atoms with Gasteiger partial charge in [-0.25, -0.2) is 0 Å². The summed E-state index contributed by atoms with van der Waals surface area (Å²) in [6.45, 7) is 1.71. The minimum absolute atomic E-state index is 0.0635. The number of anilines is 2. The molecule has 0 radical (unpaired) electrons. The lowest BCUT2D eigenvalue weighted by Gasteiger charge is -2.13. The summed E-state index contributed by atoms with van der Waals surface area (Å²) in [5.74, 6) is -0.0888. The van der Waals surface area contributed by atoms with E-state index in [-0.39, 0.29) is 24.0 Å². The molecule has 0 spiro atoms. The van der Waals surface area contributed by atoms with Crippen molar-refractivity contribution in [2.24, 2.45) is 0 Å². The molecule has 0 atom stereocenters. The minimum Gasteiger partial charge on any atom is -0.495 e. The number of rotatable bonds is 5. The maximum Gasteiger partial charge on any atom is 0.586 e. The van der Waals surface area contributed by atoms with Crippen LogP contribution in [-0.4, -0.2) is 25.9 Å². The highest BCUT2D eigenvalue weighted by atomic mass is 35.5. The van der Waals surface area contributed by atoms with Gasteiger partial charge in [-0.05, 0) is 30.7 Å².